The van der Waals surface area contributed by atoms with Gasteiger partial charge in [-0.15, -0.1) is 6.58 Å². The molecule has 0 aliphatic heterocycles. The van der Waals surface area contributed by atoms with Gasteiger partial charge in [-0.3, -0.25) is 4.79 Å². The summed E-state index contributed by atoms with van der Waals surface area (Å²) in [6.45, 7) is 6.56. The molecule has 1 aliphatic rings. The van der Waals surface area contributed by atoms with Crippen LogP contribution in [0.1, 0.15) is 25.3 Å². The van der Waals surface area contributed by atoms with E-state index in [9.17, 15) is 4.79 Å². The number of hydrogen-bond donors (Lipinski definition) is 2. The van der Waals surface area contributed by atoms with E-state index in [2.05, 4.69) is 33.1 Å². The van der Waals surface area contributed by atoms with E-state index in [0.29, 0.717) is 18.3 Å². The molecule has 1 saturated carbocycles. The summed E-state index contributed by atoms with van der Waals surface area (Å²) in [6.07, 6.45) is 3.63. The number of benzene rings is 1. The molecule has 0 radical (unpaired) electrons. The number of amides is 1. The molecule has 2 rings (SSSR count). The molecule has 1 atom stereocenters. The fourth-order valence-electron chi connectivity index (χ4n) is 1.88. The maximum atomic E-state index is 11.8. The van der Waals surface area contributed by atoms with Gasteiger partial charge in [0.05, 0.1) is 0 Å². The SMILES string of the molecule is C=CCNC(=O)C(C)Oc1ccc(Br)c(CNC2CC2)c1. The molecule has 1 aromatic rings. The van der Waals surface area contributed by atoms with E-state index < -0.39 is 6.10 Å². The summed E-state index contributed by atoms with van der Waals surface area (Å²) < 4.78 is 6.74. The molecular weight excluding hydrogens is 332 g/mol. The van der Waals surface area contributed by atoms with Crippen molar-refractivity contribution in [2.24, 2.45) is 0 Å². The van der Waals surface area contributed by atoms with Crippen LogP contribution in [0.4, 0.5) is 0 Å². The largest absolute Gasteiger partial charge is 0.481 e. The van der Waals surface area contributed by atoms with Gasteiger partial charge in [0.2, 0.25) is 0 Å². The third-order valence-electron chi connectivity index (χ3n) is 3.28. The first-order valence-corrected chi connectivity index (χ1v) is 7.96. The van der Waals surface area contributed by atoms with Gasteiger partial charge in [0, 0.05) is 23.6 Å². The fraction of sp³-hybridized carbons (Fsp3) is 0.438. The van der Waals surface area contributed by atoms with Crippen LogP contribution in [0.5, 0.6) is 5.75 Å². The number of carbonyl (C=O) groups is 1. The van der Waals surface area contributed by atoms with Crippen molar-refractivity contribution < 1.29 is 9.53 Å². The van der Waals surface area contributed by atoms with Gasteiger partial charge in [0.1, 0.15) is 5.75 Å². The molecule has 1 fully saturated rings. The zero-order valence-corrected chi connectivity index (χ0v) is 13.8. The topological polar surface area (TPSA) is 50.4 Å². The van der Waals surface area contributed by atoms with E-state index in [1.54, 1.807) is 13.0 Å². The molecule has 0 bridgehead atoms. The van der Waals surface area contributed by atoms with E-state index >= 15 is 0 Å². The highest BCUT2D eigenvalue weighted by atomic mass is 79.9. The van der Waals surface area contributed by atoms with Crippen LogP contribution in [0, 0.1) is 0 Å². The highest BCUT2D eigenvalue weighted by Gasteiger charge is 2.20. The lowest BCUT2D eigenvalue weighted by molar-refractivity contribution is -0.127. The van der Waals surface area contributed by atoms with Crippen molar-refractivity contribution >= 4 is 21.8 Å². The Hall–Kier alpha value is -1.33. The first-order chi connectivity index (χ1) is 10.1. The lowest BCUT2D eigenvalue weighted by Crippen LogP contribution is -2.36. The van der Waals surface area contributed by atoms with Crippen molar-refractivity contribution in [3.63, 3.8) is 0 Å². The van der Waals surface area contributed by atoms with E-state index in [-0.39, 0.29) is 5.91 Å². The molecule has 0 aromatic heterocycles. The smallest absolute Gasteiger partial charge is 0.261 e. The fourth-order valence-corrected chi connectivity index (χ4v) is 2.26. The predicted molar refractivity (Wildman–Crippen MR) is 87.3 cm³/mol. The standard InChI is InChI=1S/C16H21BrN2O2/c1-3-8-18-16(20)11(2)21-14-6-7-15(17)12(9-14)10-19-13-4-5-13/h3,6-7,9,11,13,19H,1,4-5,8,10H2,2H3,(H,18,20). The lowest BCUT2D eigenvalue weighted by Gasteiger charge is -2.15. The Labute approximate surface area is 134 Å². The number of nitrogens with one attached hydrogen (secondary N) is 2. The minimum Gasteiger partial charge on any atom is -0.481 e. The summed E-state index contributed by atoms with van der Waals surface area (Å²) in [6, 6.07) is 6.44. The molecule has 114 valence electrons. The maximum absolute atomic E-state index is 11.8. The second-order valence-corrected chi connectivity index (χ2v) is 6.06. The minimum atomic E-state index is -0.532. The van der Waals surface area contributed by atoms with Gasteiger partial charge >= 0.3 is 0 Å². The van der Waals surface area contributed by atoms with E-state index in [4.69, 9.17) is 4.74 Å². The van der Waals surface area contributed by atoms with Crippen molar-refractivity contribution in [2.45, 2.75) is 38.5 Å². The predicted octanol–water partition coefficient (Wildman–Crippen LogP) is 2.77. The zero-order chi connectivity index (χ0) is 15.2. The molecular formula is C16H21BrN2O2. The summed E-state index contributed by atoms with van der Waals surface area (Å²) in [4.78, 5) is 11.8. The average Bonchev–Trinajstić information content (AvgIpc) is 3.29. The quantitative estimate of drug-likeness (QED) is 0.707. The maximum Gasteiger partial charge on any atom is 0.261 e. The second-order valence-electron chi connectivity index (χ2n) is 5.20. The average molecular weight is 353 g/mol. The van der Waals surface area contributed by atoms with Crippen molar-refractivity contribution in [1.82, 2.24) is 10.6 Å². The third kappa shape index (κ3) is 5.17. The molecule has 1 aromatic carbocycles. The van der Waals surface area contributed by atoms with Gasteiger partial charge in [-0.05, 0) is 43.5 Å². The number of carbonyl (C=O) groups excluding carboxylic acids is 1. The van der Waals surface area contributed by atoms with Crippen LogP contribution in [0.2, 0.25) is 0 Å². The zero-order valence-electron chi connectivity index (χ0n) is 12.2. The number of halogens is 1. The van der Waals surface area contributed by atoms with Gasteiger partial charge in [0.25, 0.3) is 5.91 Å². The molecule has 1 amide bonds. The van der Waals surface area contributed by atoms with Gasteiger partial charge in [-0.2, -0.15) is 0 Å². The van der Waals surface area contributed by atoms with Crippen molar-refractivity contribution in [2.75, 3.05) is 6.54 Å². The van der Waals surface area contributed by atoms with Crippen LogP contribution in [0.3, 0.4) is 0 Å². The monoisotopic (exact) mass is 352 g/mol. The normalized spacial score (nSPS) is 15.3. The summed E-state index contributed by atoms with van der Waals surface area (Å²) in [5.74, 6) is 0.558. The van der Waals surface area contributed by atoms with Crippen LogP contribution in [-0.2, 0) is 11.3 Å². The molecule has 0 spiro atoms. The van der Waals surface area contributed by atoms with Crippen molar-refractivity contribution in [3.05, 3.63) is 40.9 Å². The summed E-state index contributed by atoms with van der Waals surface area (Å²) in [5, 5.41) is 6.19. The molecule has 1 aliphatic carbocycles. The van der Waals surface area contributed by atoms with Gasteiger partial charge < -0.3 is 15.4 Å². The van der Waals surface area contributed by atoms with E-state index in [1.807, 2.05) is 18.2 Å². The van der Waals surface area contributed by atoms with E-state index in [1.165, 1.54) is 12.8 Å². The Balaban J connectivity index is 1.93. The van der Waals surface area contributed by atoms with Crippen LogP contribution in [0.15, 0.2) is 35.3 Å². The van der Waals surface area contributed by atoms with Crippen molar-refractivity contribution in [1.29, 1.82) is 0 Å². The Morgan fingerprint density at radius 3 is 3.00 bits per heavy atom. The highest BCUT2D eigenvalue weighted by molar-refractivity contribution is 9.10. The van der Waals surface area contributed by atoms with Crippen LogP contribution >= 0.6 is 15.9 Å². The Morgan fingerprint density at radius 2 is 2.33 bits per heavy atom. The van der Waals surface area contributed by atoms with E-state index in [0.717, 1.165) is 16.6 Å². The Kier molecular flexibility index (Phi) is 5.82. The molecule has 21 heavy (non-hydrogen) atoms. The molecule has 0 heterocycles. The van der Waals surface area contributed by atoms with Crippen LogP contribution in [0.25, 0.3) is 0 Å². The molecule has 0 saturated heterocycles. The Bertz CT molecular complexity index is 515. The van der Waals surface area contributed by atoms with Gasteiger partial charge in [-0.25, -0.2) is 0 Å². The molecule has 5 heteroatoms. The minimum absolute atomic E-state index is 0.143. The highest BCUT2D eigenvalue weighted by Crippen LogP contribution is 2.25. The van der Waals surface area contributed by atoms with Gasteiger partial charge in [-0.1, -0.05) is 22.0 Å². The first kappa shape index (κ1) is 16.0. The lowest BCUT2D eigenvalue weighted by atomic mass is 10.2. The van der Waals surface area contributed by atoms with Crippen molar-refractivity contribution in [3.8, 4) is 5.75 Å². The van der Waals surface area contributed by atoms with Crippen LogP contribution < -0.4 is 15.4 Å². The van der Waals surface area contributed by atoms with Gasteiger partial charge in [0.15, 0.2) is 6.10 Å². The third-order valence-corrected chi connectivity index (χ3v) is 4.05. The molecule has 2 N–H and O–H groups in total. The number of ether oxygens (including phenoxy) is 1. The second kappa shape index (κ2) is 7.61. The Morgan fingerprint density at radius 1 is 1.57 bits per heavy atom. The summed E-state index contributed by atoms with van der Waals surface area (Å²) in [5.41, 5.74) is 1.14. The van der Waals surface area contributed by atoms with Crippen LogP contribution in [-0.4, -0.2) is 24.6 Å². The number of hydrogen-bond acceptors (Lipinski definition) is 3. The first-order valence-electron chi connectivity index (χ1n) is 7.17. The molecule has 4 nitrogen and oxygen atoms in total. The molecule has 1 unspecified atom stereocenters. The number of rotatable bonds is 8. The summed E-state index contributed by atoms with van der Waals surface area (Å²) in [7, 11) is 0. The summed E-state index contributed by atoms with van der Waals surface area (Å²) >= 11 is 3.54.